The number of benzene rings is 2. The molecule has 2 aromatic carbocycles. The molecule has 3 amide bonds. The molecule has 2 N–H and O–H groups in total. The van der Waals surface area contributed by atoms with Gasteiger partial charge in [0.05, 0.1) is 36.1 Å². The third kappa shape index (κ3) is 7.11. The maximum absolute atomic E-state index is 12.2. The minimum atomic E-state index is -0.529. The van der Waals surface area contributed by atoms with E-state index in [1.165, 1.54) is 29.8 Å². The predicted octanol–water partition coefficient (Wildman–Crippen LogP) is 3.47. The maximum atomic E-state index is 12.2. The third-order valence-corrected chi connectivity index (χ3v) is 5.55. The van der Waals surface area contributed by atoms with Gasteiger partial charge in [0.25, 0.3) is 0 Å². The van der Waals surface area contributed by atoms with Crippen LogP contribution < -0.4 is 10.6 Å². The fraction of sp³-hybridized carbons (Fsp3) is 0.217. The second kappa shape index (κ2) is 11.7. The molecule has 1 saturated heterocycles. The van der Waals surface area contributed by atoms with Gasteiger partial charge in [-0.3, -0.25) is 4.79 Å². The van der Waals surface area contributed by atoms with Crippen LogP contribution in [0.1, 0.15) is 16.8 Å². The Kier molecular flexibility index (Phi) is 8.48. The molecule has 0 unspecified atom stereocenters. The molecule has 0 atom stereocenters. The Hall–Kier alpha value is -3.79. The number of methoxy groups -OCH3 is 1. The van der Waals surface area contributed by atoms with E-state index in [1.807, 2.05) is 18.2 Å². The van der Waals surface area contributed by atoms with Crippen molar-refractivity contribution < 1.29 is 28.7 Å². The number of nitrogens with zero attached hydrogens (tertiary/aromatic N) is 1. The molecule has 9 nitrogen and oxygen atoms in total. The van der Waals surface area contributed by atoms with Gasteiger partial charge in [0.2, 0.25) is 5.91 Å². The summed E-state index contributed by atoms with van der Waals surface area (Å²) >= 11 is 1.26. The zero-order chi connectivity index (χ0) is 23.6. The Morgan fingerprint density at radius 3 is 2.36 bits per heavy atom. The first-order valence-corrected chi connectivity index (χ1v) is 11.1. The van der Waals surface area contributed by atoms with E-state index in [0.717, 1.165) is 0 Å². The second-order valence-corrected chi connectivity index (χ2v) is 7.85. The van der Waals surface area contributed by atoms with Gasteiger partial charge < -0.3 is 25.0 Å². The fourth-order valence-electron chi connectivity index (χ4n) is 2.90. The molecule has 1 aliphatic heterocycles. The van der Waals surface area contributed by atoms with Crippen molar-refractivity contribution in [3.63, 3.8) is 0 Å². The summed E-state index contributed by atoms with van der Waals surface area (Å²) in [5, 5.41) is 5.92. The van der Waals surface area contributed by atoms with E-state index in [1.54, 1.807) is 36.4 Å². The molecule has 0 spiro atoms. The first-order valence-electron chi connectivity index (χ1n) is 10.1. The number of rotatable bonds is 8. The number of thioether (sulfide) groups is 1. The van der Waals surface area contributed by atoms with Crippen LogP contribution in [0.15, 0.2) is 65.7 Å². The average molecular weight is 470 g/mol. The molecule has 3 rings (SSSR count). The summed E-state index contributed by atoms with van der Waals surface area (Å²) in [7, 11) is 1.27. The molecule has 2 aromatic rings. The number of urea groups is 1. The summed E-state index contributed by atoms with van der Waals surface area (Å²) < 4.78 is 9.86. The lowest BCUT2D eigenvalue weighted by atomic mass is 10.2. The molecule has 0 bridgehead atoms. The van der Waals surface area contributed by atoms with Crippen molar-refractivity contribution in [2.45, 2.75) is 6.42 Å². The number of esters is 2. The molecule has 1 aliphatic rings. The Bertz CT molecular complexity index is 1040. The number of carbonyl (C=O) groups excluding carboxylic acids is 4. The largest absolute Gasteiger partial charge is 0.466 e. The number of anilines is 2. The highest BCUT2D eigenvalue weighted by atomic mass is 32.2. The number of hydrogen-bond acceptors (Lipinski definition) is 7. The average Bonchev–Trinajstić information content (AvgIpc) is 3.16. The van der Waals surface area contributed by atoms with E-state index < -0.39 is 18.0 Å². The van der Waals surface area contributed by atoms with Crippen LogP contribution in [0, 0.1) is 0 Å². The summed E-state index contributed by atoms with van der Waals surface area (Å²) in [6, 6.07) is 14.9. The quantitative estimate of drug-likeness (QED) is 0.346. The van der Waals surface area contributed by atoms with Gasteiger partial charge in [0, 0.05) is 17.9 Å². The minimum absolute atomic E-state index is 0.109. The van der Waals surface area contributed by atoms with Gasteiger partial charge in [0.1, 0.15) is 0 Å². The molecule has 0 radical (unpaired) electrons. The van der Waals surface area contributed by atoms with Crippen molar-refractivity contribution in [3.8, 4) is 0 Å². The number of hydrogen-bond donors (Lipinski definition) is 2. The molecule has 1 heterocycles. The number of para-hydroxylation sites is 1. The van der Waals surface area contributed by atoms with Crippen molar-refractivity contribution in [2.24, 2.45) is 0 Å². The number of nitrogens with one attached hydrogen (secondary N) is 2. The zero-order valence-corrected chi connectivity index (χ0v) is 18.7. The molecule has 1 fully saturated rings. The first-order chi connectivity index (χ1) is 16.0. The van der Waals surface area contributed by atoms with E-state index in [9.17, 15) is 19.2 Å². The zero-order valence-electron chi connectivity index (χ0n) is 17.9. The van der Waals surface area contributed by atoms with Crippen molar-refractivity contribution in [3.05, 3.63) is 71.3 Å². The minimum Gasteiger partial charge on any atom is -0.466 e. The van der Waals surface area contributed by atoms with E-state index in [4.69, 9.17) is 4.74 Å². The monoisotopic (exact) mass is 469 g/mol. The Morgan fingerprint density at radius 1 is 1.03 bits per heavy atom. The number of ether oxygens (including phenoxy) is 2. The molecule has 33 heavy (non-hydrogen) atoms. The van der Waals surface area contributed by atoms with Gasteiger partial charge in [-0.15, -0.1) is 0 Å². The van der Waals surface area contributed by atoms with Crippen molar-refractivity contribution in [1.29, 1.82) is 0 Å². The highest BCUT2D eigenvalue weighted by molar-refractivity contribution is 8.04. The third-order valence-electron chi connectivity index (χ3n) is 4.52. The van der Waals surface area contributed by atoms with E-state index in [2.05, 4.69) is 15.4 Å². The van der Waals surface area contributed by atoms with Crippen LogP contribution in [-0.4, -0.2) is 54.8 Å². The van der Waals surface area contributed by atoms with Gasteiger partial charge >= 0.3 is 18.0 Å². The molecule has 172 valence electrons. The molecule has 10 heteroatoms. The SMILES string of the molecule is COC(=O)/C=C1/SCC(=O)N1CCCOC(=O)c1ccc(NC(=O)Nc2ccccc2)cc1. The first kappa shape index (κ1) is 23.9. The molecular weight excluding hydrogens is 446 g/mol. The van der Waals surface area contributed by atoms with E-state index in [0.29, 0.717) is 34.9 Å². The lowest BCUT2D eigenvalue weighted by Crippen LogP contribution is -2.27. The lowest BCUT2D eigenvalue weighted by Gasteiger charge is -2.16. The fourth-order valence-corrected chi connectivity index (χ4v) is 3.86. The van der Waals surface area contributed by atoms with E-state index in [-0.39, 0.29) is 18.3 Å². The van der Waals surface area contributed by atoms with Gasteiger partial charge in [-0.2, -0.15) is 0 Å². The molecule has 0 aromatic heterocycles. The Labute approximate surface area is 195 Å². The van der Waals surface area contributed by atoms with Gasteiger partial charge in [0.15, 0.2) is 0 Å². The van der Waals surface area contributed by atoms with Crippen molar-refractivity contribution >= 4 is 47.0 Å². The van der Waals surface area contributed by atoms with Crippen LogP contribution in [0.5, 0.6) is 0 Å². The highest BCUT2D eigenvalue weighted by Gasteiger charge is 2.27. The van der Waals surface area contributed by atoms with Crippen molar-refractivity contribution in [2.75, 3.05) is 36.6 Å². The molecule has 0 saturated carbocycles. The highest BCUT2D eigenvalue weighted by Crippen LogP contribution is 2.28. The van der Waals surface area contributed by atoms with Crippen LogP contribution in [0.4, 0.5) is 16.2 Å². The normalized spacial score (nSPS) is 14.2. The summed E-state index contributed by atoms with van der Waals surface area (Å²) in [5.41, 5.74) is 1.52. The molecular formula is C23H23N3O6S. The van der Waals surface area contributed by atoms with Gasteiger partial charge in [-0.05, 0) is 42.8 Å². The predicted molar refractivity (Wildman–Crippen MR) is 125 cm³/mol. The Balaban J connectivity index is 1.43. The maximum Gasteiger partial charge on any atom is 0.338 e. The van der Waals surface area contributed by atoms with Crippen LogP contribution in [0.3, 0.4) is 0 Å². The summed E-state index contributed by atoms with van der Waals surface area (Å²) in [6.07, 6.45) is 1.69. The summed E-state index contributed by atoms with van der Waals surface area (Å²) in [5.74, 6) is -0.894. The van der Waals surface area contributed by atoms with Gasteiger partial charge in [-0.25, -0.2) is 14.4 Å². The smallest absolute Gasteiger partial charge is 0.338 e. The number of carbonyl (C=O) groups is 4. The number of amides is 3. The summed E-state index contributed by atoms with van der Waals surface area (Å²) in [4.78, 5) is 49.2. The standard InChI is InChI=1S/C23H23N3O6S/c1-31-21(28)14-20-26(19(27)15-33-20)12-5-13-32-22(29)16-8-10-18(11-9-16)25-23(30)24-17-6-3-2-4-7-17/h2-4,6-11,14H,5,12-13,15H2,1H3,(H2,24,25,30)/b20-14+. The van der Waals surface area contributed by atoms with Crippen molar-refractivity contribution in [1.82, 2.24) is 4.90 Å². The van der Waals surface area contributed by atoms with Gasteiger partial charge in [-0.1, -0.05) is 30.0 Å². The lowest BCUT2D eigenvalue weighted by molar-refractivity contribution is -0.134. The van der Waals surface area contributed by atoms with E-state index >= 15 is 0 Å². The Morgan fingerprint density at radius 2 is 1.70 bits per heavy atom. The second-order valence-electron chi connectivity index (χ2n) is 6.85. The molecule has 0 aliphatic carbocycles. The summed E-state index contributed by atoms with van der Waals surface area (Å²) in [6.45, 7) is 0.430. The van der Waals surface area contributed by atoms with Crippen LogP contribution in [0.25, 0.3) is 0 Å². The van der Waals surface area contributed by atoms with Crippen LogP contribution >= 0.6 is 11.8 Å². The van der Waals surface area contributed by atoms with Crippen LogP contribution in [0.2, 0.25) is 0 Å². The topological polar surface area (TPSA) is 114 Å². The van der Waals surface area contributed by atoms with Crippen LogP contribution in [-0.2, 0) is 19.1 Å².